The molecule has 13 heavy (non-hydrogen) atoms. The van der Waals surface area contributed by atoms with Crippen molar-refractivity contribution in [3.63, 3.8) is 0 Å². The number of aromatic nitrogens is 3. The van der Waals surface area contributed by atoms with E-state index in [1.54, 1.807) is 6.20 Å². The van der Waals surface area contributed by atoms with Crippen LogP contribution in [0.1, 0.15) is 5.69 Å². The van der Waals surface area contributed by atoms with Crippen molar-refractivity contribution in [2.24, 2.45) is 0 Å². The van der Waals surface area contributed by atoms with Crippen LogP contribution in [0.3, 0.4) is 0 Å². The zero-order chi connectivity index (χ0) is 9.10. The minimum Gasteiger partial charge on any atom is -0.660 e. The third kappa shape index (κ3) is 1.81. The second-order valence-corrected chi connectivity index (χ2v) is 2.58. The molecule has 66 valence electrons. The van der Waals surface area contributed by atoms with Crippen LogP contribution in [0, 0.1) is 0 Å². The average Bonchev–Trinajstić information content (AvgIpc) is 2.53. The predicted molar refractivity (Wildman–Crippen MR) is 44.0 cm³/mol. The highest BCUT2D eigenvalue weighted by molar-refractivity contribution is 5.19. The molecule has 0 aliphatic carbocycles. The summed E-state index contributed by atoms with van der Waals surface area (Å²) in [6.07, 6.45) is 3.23. The van der Waals surface area contributed by atoms with Gasteiger partial charge in [0.05, 0.1) is 0 Å². The van der Waals surface area contributed by atoms with Crippen molar-refractivity contribution in [2.45, 2.75) is 6.54 Å². The molecule has 0 aliphatic rings. The van der Waals surface area contributed by atoms with Gasteiger partial charge in [0, 0.05) is 6.20 Å². The molecule has 2 aromatic heterocycles. The number of hydrogen-bond donors (Lipinski definition) is 0. The SMILES string of the molecule is [NH-]c1c[n+](Cc2ccccn2)no1. The van der Waals surface area contributed by atoms with Crippen LogP contribution in [0.5, 0.6) is 0 Å². The van der Waals surface area contributed by atoms with E-state index in [1.807, 2.05) is 18.2 Å². The van der Waals surface area contributed by atoms with Crippen molar-refractivity contribution >= 4 is 5.88 Å². The van der Waals surface area contributed by atoms with Gasteiger partial charge in [-0.3, -0.25) is 4.98 Å². The third-order valence-corrected chi connectivity index (χ3v) is 1.56. The van der Waals surface area contributed by atoms with Crippen molar-refractivity contribution in [2.75, 3.05) is 0 Å². The van der Waals surface area contributed by atoms with E-state index in [0.29, 0.717) is 6.54 Å². The third-order valence-electron chi connectivity index (χ3n) is 1.56. The smallest absolute Gasteiger partial charge is 0.222 e. The van der Waals surface area contributed by atoms with Crippen LogP contribution >= 0.6 is 0 Å². The summed E-state index contributed by atoms with van der Waals surface area (Å²) in [7, 11) is 0. The standard InChI is InChI=1S/C8H8N4O/c9-8-6-12(11-13-8)5-7-3-1-2-4-10-7/h1-4,6,9H,5H2. The van der Waals surface area contributed by atoms with E-state index < -0.39 is 0 Å². The number of rotatable bonds is 2. The molecule has 2 aromatic rings. The van der Waals surface area contributed by atoms with E-state index in [4.69, 9.17) is 5.73 Å². The summed E-state index contributed by atoms with van der Waals surface area (Å²) < 4.78 is 6.12. The van der Waals surface area contributed by atoms with Crippen LogP contribution in [0.4, 0.5) is 5.88 Å². The molecule has 0 amide bonds. The Labute approximate surface area is 74.8 Å². The van der Waals surface area contributed by atoms with E-state index in [0.717, 1.165) is 5.69 Å². The van der Waals surface area contributed by atoms with Gasteiger partial charge in [0.15, 0.2) is 5.27 Å². The Hall–Kier alpha value is -1.91. The molecule has 0 aromatic carbocycles. The number of nitrogens with zero attached hydrogens (tertiary/aromatic N) is 3. The molecule has 0 atom stereocenters. The van der Waals surface area contributed by atoms with Crippen LogP contribution in [-0.2, 0) is 6.54 Å². The molecule has 0 aliphatic heterocycles. The summed E-state index contributed by atoms with van der Waals surface area (Å²) >= 11 is 0. The highest BCUT2D eigenvalue weighted by atomic mass is 16.5. The molecule has 0 fully saturated rings. The van der Waals surface area contributed by atoms with Gasteiger partial charge in [-0.05, 0) is 16.8 Å². The van der Waals surface area contributed by atoms with Crippen molar-refractivity contribution < 1.29 is 9.20 Å². The van der Waals surface area contributed by atoms with E-state index in [-0.39, 0.29) is 5.88 Å². The highest BCUT2D eigenvalue weighted by Crippen LogP contribution is 2.01. The summed E-state index contributed by atoms with van der Waals surface area (Å²) in [4.78, 5) is 4.12. The van der Waals surface area contributed by atoms with Crippen LogP contribution in [0.15, 0.2) is 35.1 Å². The zero-order valence-electron chi connectivity index (χ0n) is 6.84. The Morgan fingerprint density at radius 3 is 3.00 bits per heavy atom. The Morgan fingerprint density at radius 1 is 1.46 bits per heavy atom. The van der Waals surface area contributed by atoms with Crippen LogP contribution in [0.25, 0.3) is 5.73 Å². The van der Waals surface area contributed by atoms with Gasteiger partial charge in [0.25, 0.3) is 0 Å². The molecule has 5 nitrogen and oxygen atoms in total. The molecular formula is C8H8N4O. The molecule has 0 saturated heterocycles. The quantitative estimate of drug-likeness (QED) is 0.643. The van der Waals surface area contributed by atoms with Crippen molar-refractivity contribution in [3.05, 3.63) is 42.0 Å². The summed E-state index contributed by atoms with van der Waals surface area (Å²) in [5, 5.41) is 3.63. The van der Waals surface area contributed by atoms with Crippen molar-refractivity contribution in [3.8, 4) is 0 Å². The summed E-state index contributed by atoms with van der Waals surface area (Å²) in [5.74, 6) is 0.0518. The fraction of sp³-hybridized carbons (Fsp3) is 0.125. The lowest BCUT2D eigenvalue weighted by Gasteiger charge is -1.89. The first kappa shape index (κ1) is 7.72. The van der Waals surface area contributed by atoms with Gasteiger partial charge >= 0.3 is 0 Å². The molecule has 5 heteroatoms. The normalized spacial score (nSPS) is 10.2. The van der Waals surface area contributed by atoms with E-state index in [2.05, 4.69) is 14.8 Å². The van der Waals surface area contributed by atoms with Crippen molar-refractivity contribution in [1.82, 2.24) is 10.3 Å². The largest absolute Gasteiger partial charge is 0.660 e. The molecule has 1 N–H and O–H groups in total. The second kappa shape index (κ2) is 3.22. The van der Waals surface area contributed by atoms with Gasteiger partial charge in [0.1, 0.15) is 11.6 Å². The Balaban J connectivity index is 2.15. The predicted octanol–water partition coefficient (Wildman–Crippen LogP) is 1.09. The van der Waals surface area contributed by atoms with Gasteiger partial charge in [-0.2, -0.15) is 0 Å². The Bertz CT molecular complexity index is 384. The maximum atomic E-state index is 7.11. The van der Waals surface area contributed by atoms with Gasteiger partial charge in [-0.15, -0.1) is 0 Å². The van der Waals surface area contributed by atoms with Gasteiger partial charge < -0.3 is 10.3 Å². The number of hydrogen-bond acceptors (Lipinski definition) is 3. The highest BCUT2D eigenvalue weighted by Gasteiger charge is 2.06. The second-order valence-electron chi connectivity index (χ2n) is 2.58. The topological polar surface area (TPSA) is 66.6 Å². The fourth-order valence-electron chi connectivity index (χ4n) is 1.01. The maximum absolute atomic E-state index is 7.11. The lowest BCUT2D eigenvalue weighted by Crippen LogP contribution is -2.35. The summed E-state index contributed by atoms with van der Waals surface area (Å²) in [6, 6.07) is 5.66. The average molecular weight is 176 g/mol. The lowest BCUT2D eigenvalue weighted by atomic mass is 10.3. The minimum atomic E-state index is 0.0518. The lowest BCUT2D eigenvalue weighted by molar-refractivity contribution is -0.755. The molecule has 2 rings (SSSR count). The zero-order valence-corrected chi connectivity index (χ0v) is 6.84. The molecule has 0 radical (unpaired) electrons. The molecule has 0 bridgehead atoms. The molecular weight excluding hydrogens is 168 g/mol. The molecule has 2 heterocycles. The van der Waals surface area contributed by atoms with Gasteiger partial charge in [-0.25, -0.2) is 0 Å². The molecule has 0 saturated carbocycles. The Kier molecular flexibility index (Phi) is 1.91. The van der Waals surface area contributed by atoms with Crippen LogP contribution in [0.2, 0.25) is 0 Å². The molecule has 0 unspecified atom stereocenters. The number of pyridine rings is 1. The fourth-order valence-corrected chi connectivity index (χ4v) is 1.01. The van der Waals surface area contributed by atoms with Gasteiger partial charge in [-0.1, -0.05) is 6.07 Å². The minimum absolute atomic E-state index is 0.0518. The first-order valence-corrected chi connectivity index (χ1v) is 3.82. The van der Waals surface area contributed by atoms with Gasteiger partial charge in [0.2, 0.25) is 12.7 Å². The van der Waals surface area contributed by atoms with Crippen molar-refractivity contribution in [1.29, 1.82) is 0 Å². The number of nitrogens with one attached hydrogen (secondary N) is 1. The van der Waals surface area contributed by atoms with E-state index in [1.165, 1.54) is 10.9 Å². The van der Waals surface area contributed by atoms with E-state index in [9.17, 15) is 0 Å². The van der Waals surface area contributed by atoms with E-state index >= 15 is 0 Å². The van der Waals surface area contributed by atoms with Crippen LogP contribution in [-0.4, -0.2) is 10.3 Å². The van der Waals surface area contributed by atoms with Crippen LogP contribution < -0.4 is 4.68 Å². The summed E-state index contributed by atoms with van der Waals surface area (Å²) in [6.45, 7) is 0.531. The first-order valence-electron chi connectivity index (χ1n) is 3.82. The first-order chi connectivity index (χ1) is 6.34. The Morgan fingerprint density at radius 2 is 2.38 bits per heavy atom. The maximum Gasteiger partial charge on any atom is 0.222 e. The molecule has 0 spiro atoms. The summed E-state index contributed by atoms with van der Waals surface area (Å²) in [5.41, 5.74) is 8.00. The monoisotopic (exact) mass is 176 g/mol.